The van der Waals surface area contributed by atoms with E-state index in [-0.39, 0.29) is 0 Å². The number of fused-ring (bicyclic) bond motifs is 1. The van der Waals surface area contributed by atoms with Gasteiger partial charge in [0.1, 0.15) is 16.5 Å². The monoisotopic (exact) mass is 441 g/mol. The Labute approximate surface area is 188 Å². The van der Waals surface area contributed by atoms with Gasteiger partial charge < -0.3 is 9.80 Å². The summed E-state index contributed by atoms with van der Waals surface area (Å²) >= 11 is 3.61. The third-order valence-electron chi connectivity index (χ3n) is 5.70. The Bertz CT molecular complexity index is 978. The van der Waals surface area contributed by atoms with Gasteiger partial charge in [-0.05, 0) is 45.6 Å². The molecule has 0 atom stereocenters. The number of benzene rings is 1. The van der Waals surface area contributed by atoms with Crippen molar-refractivity contribution in [3.8, 4) is 0 Å². The molecule has 5 nitrogen and oxygen atoms in total. The second-order valence-electron chi connectivity index (χ2n) is 8.16. The molecular weight excluding hydrogens is 410 g/mol. The quantitative estimate of drug-likeness (QED) is 0.509. The topological polar surface area (TPSA) is 35.5 Å². The first-order valence-electron chi connectivity index (χ1n) is 10.6. The van der Waals surface area contributed by atoms with Gasteiger partial charge in [0.25, 0.3) is 0 Å². The van der Waals surface area contributed by atoms with E-state index in [0.717, 1.165) is 61.5 Å². The Morgan fingerprint density at radius 1 is 1.03 bits per heavy atom. The van der Waals surface area contributed by atoms with Gasteiger partial charge in [-0.3, -0.25) is 4.90 Å². The van der Waals surface area contributed by atoms with E-state index in [4.69, 9.17) is 9.97 Å². The number of anilines is 1. The maximum absolute atomic E-state index is 5.09. The van der Waals surface area contributed by atoms with Gasteiger partial charge in [0.2, 0.25) is 0 Å². The zero-order chi connectivity index (χ0) is 21.1. The average Bonchev–Trinajstić information content (AvgIpc) is 3.05. The van der Waals surface area contributed by atoms with E-state index in [1.165, 1.54) is 20.7 Å². The van der Waals surface area contributed by atoms with Crippen molar-refractivity contribution in [1.29, 1.82) is 0 Å². The maximum atomic E-state index is 5.09. The van der Waals surface area contributed by atoms with Crippen molar-refractivity contribution in [1.82, 2.24) is 19.8 Å². The van der Waals surface area contributed by atoms with Gasteiger partial charge in [-0.25, -0.2) is 9.97 Å². The molecule has 2 aromatic heterocycles. The van der Waals surface area contributed by atoms with Crippen LogP contribution in [0, 0.1) is 13.8 Å². The van der Waals surface area contributed by atoms with Crippen LogP contribution >= 0.6 is 23.1 Å². The summed E-state index contributed by atoms with van der Waals surface area (Å²) in [6.45, 7) is 10.9. The number of thiophene rings is 1. The number of nitrogens with zero attached hydrogens (tertiary/aromatic N) is 5. The van der Waals surface area contributed by atoms with E-state index in [0.29, 0.717) is 0 Å². The molecule has 0 radical (unpaired) electrons. The molecule has 0 spiro atoms. The number of thioether (sulfide) groups is 1. The maximum Gasteiger partial charge on any atom is 0.142 e. The molecule has 0 unspecified atom stereocenters. The highest BCUT2D eigenvalue weighted by molar-refractivity contribution is 7.98. The van der Waals surface area contributed by atoms with Gasteiger partial charge in [0, 0.05) is 49.0 Å². The van der Waals surface area contributed by atoms with Crippen molar-refractivity contribution in [2.75, 3.05) is 58.3 Å². The molecule has 0 aliphatic carbocycles. The minimum atomic E-state index is 0.797. The fourth-order valence-corrected chi connectivity index (χ4v) is 5.57. The summed E-state index contributed by atoms with van der Waals surface area (Å²) in [6, 6.07) is 10.5. The molecule has 3 heterocycles. The van der Waals surface area contributed by atoms with Gasteiger partial charge in [-0.2, -0.15) is 0 Å². The standard InChI is InChI=1S/C23H31N5S2/c1-17-18(2)30-23-21(17)22(28-14-12-27(13-15-28)11-10-26(3)4)24-20(25-23)16-29-19-8-6-5-7-9-19/h5-9H,10-16H2,1-4H3. The Morgan fingerprint density at radius 2 is 1.77 bits per heavy atom. The number of piperazine rings is 1. The number of likely N-dealkylation sites (N-methyl/N-ethyl adjacent to an activating group) is 1. The minimum Gasteiger partial charge on any atom is -0.353 e. The summed E-state index contributed by atoms with van der Waals surface area (Å²) in [4.78, 5) is 21.1. The smallest absolute Gasteiger partial charge is 0.142 e. The second-order valence-corrected chi connectivity index (χ2v) is 10.4. The van der Waals surface area contributed by atoms with Crippen LogP contribution in [0.2, 0.25) is 0 Å². The van der Waals surface area contributed by atoms with Crippen LogP contribution in [-0.2, 0) is 5.75 Å². The Morgan fingerprint density at radius 3 is 2.47 bits per heavy atom. The van der Waals surface area contributed by atoms with Crippen molar-refractivity contribution in [2.45, 2.75) is 24.5 Å². The predicted octanol–water partition coefficient (Wildman–Crippen LogP) is 4.28. The van der Waals surface area contributed by atoms with Crippen molar-refractivity contribution < 1.29 is 0 Å². The average molecular weight is 442 g/mol. The Kier molecular flexibility index (Phi) is 6.93. The van der Waals surface area contributed by atoms with Crippen molar-refractivity contribution in [2.24, 2.45) is 0 Å². The van der Waals surface area contributed by atoms with Crippen LogP contribution < -0.4 is 4.90 Å². The fourth-order valence-electron chi connectivity index (χ4n) is 3.75. The summed E-state index contributed by atoms with van der Waals surface area (Å²) in [5.74, 6) is 2.87. The molecule has 1 fully saturated rings. The van der Waals surface area contributed by atoms with Crippen molar-refractivity contribution >= 4 is 39.1 Å². The Hall–Kier alpha value is -1.67. The third-order valence-corrected chi connectivity index (χ3v) is 7.81. The molecule has 1 saturated heterocycles. The SMILES string of the molecule is Cc1sc2nc(CSc3ccccc3)nc(N3CCN(CCN(C)C)CC3)c2c1C. The molecule has 1 aliphatic heterocycles. The summed E-state index contributed by atoms with van der Waals surface area (Å²) in [5.41, 5.74) is 1.34. The number of aryl methyl sites for hydroxylation is 2. The molecule has 0 amide bonds. The van der Waals surface area contributed by atoms with E-state index in [1.54, 1.807) is 23.1 Å². The van der Waals surface area contributed by atoms with Crippen LogP contribution in [0.1, 0.15) is 16.3 Å². The van der Waals surface area contributed by atoms with Crippen LogP contribution in [-0.4, -0.2) is 73.1 Å². The van der Waals surface area contributed by atoms with E-state index in [9.17, 15) is 0 Å². The van der Waals surface area contributed by atoms with Gasteiger partial charge in [-0.1, -0.05) is 18.2 Å². The first-order chi connectivity index (χ1) is 14.5. The normalized spacial score (nSPS) is 15.4. The van der Waals surface area contributed by atoms with Gasteiger partial charge in [0.15, 0.2) is 0 Å². The van der Waals surface area contributed by atoms with Crippen molar-refractivity contribution in [3.05, 3.63) is 46.6 Å². The summed E-state index contributed by atoms with van der Waals surface area (Å²) < 4.78 is 0. The lowest BCUT2D eigenvalue weighted by molar-refractivity contribution is 0.229. The minimum absolute atomic E-state index is 0.797. The molecule has 7 heteroatoms. The highest BCUT2D eigenvalue weighted by Crippen LogP contribution is 2.36. The summed E-state index contributed by atoms with van der Waals surface area (Å²) in [5, 5.41) is 1.26. The lowest BCUT2D eigenvalue weighted by atomic mass is 10.2. The molecule has 3 aromatic rings. The molecule has 1 aromatic carbocycles. The zero-order valence-corrected chi connectivity index (χ0v) is 20.0. The molecule has 30 heavy (non-hydrogen) atoms. The van der Waals surface area contributed by atoms with Crippen molar-refractivity contribution in [3.63, 3.8) is 0 Å². The van der Waals surface area contributed by atoms with Crippen LogP contribution in [0.4, 0.5) is 5.82 Å². The number of rotatable bonds is 7. The lowest BCUT2D eigenvalue weighted by Gasteiger charge is -2.36. The molecule has 4 rings (SSSR count). The zero-order valence-electron chi connectivity index (χ0n) is 18.4. The van der Waals surface area contributed by atoms with Gasteiger partial charge in [0.05, 0.1) is 11.1 Å². The highest BCUT2D eigenvalue weighted by Gasteiger charge is 2.23. The first-order valence-corrected chi connectivity index (χ1v) is 12.4. The molecule has 0 N–H and O–H groups in total. The van der Waals surface area contributed by atoms with Crippen LogP contribution in [0.25, 0.3) is 10.2 Å². The first kappa shape index (κ1) is 21.6. The molecule has 0 bridgehead atoms. The van der Waals surface area contributed by atoms with E-state index < -0.39 is 0 Å². The van der Waals surface area contributed by atoms with Crippen LogP contribution in [0.15, 0.2) is 35.2 Å². The summed E-state index contributed by atoms with van der Waals surface area (Å²) in [6.07, 6.45) is 0. The van der Waals surface area contributed by atoms with E-state index in [2.05, 4.69) is 73.0 Å². The second kappa shape index (κ2) is 9.64. The third kappa shape index (κ3) is 4.97. The lowest BCUT2D eigenvalue weighted by Crippen LogP contribution is -2.48. The predicted molar refractivity (Wildman–Crippen MR) is 130 cm³/mol. The fraction of sp³-hybridized carbons (Fsp3) is 0.478. The molecule has 160 valence electrons. The van der Waals surface area contributed by atoms with Gasteiger partial charge >= 0.3 is 0 Å². The molecule has 1 aliphatic rings. The highest BCUT2D eigenvalue weighted by atomic mass is 32.2. The van der Waals surface area contributed by atoms with Crippen LogP contribution in [0.5, 0.6) is 0 Å². The number of hydrogen-bond donors (Lipinski definition) is 0. The number of aromatic nitrogens is 2. The summed E-state index contributed by atoms with van der Waals surface area (Å²) in [7, 11) is 4.29. The van der Waals surface area contributed by atoms with Gasteiger partial charge in [-0.15, -0.1) is 23.1 Å². The largest absolute Gasteiger partial charge is 0.353 e. The van der Waals surface area contributed by atoms with Crippen LogP contribution in [0.3, 0.4) is 0 Å². The molecular formula is C23H31N5S2. The van der Waals surface area contributed by atoms with E-state index >= 15 is 0 Å². The van der Waals surface area contributed by atoms with E-state index in [1.807, 2.05) is 0 Å². The number of hydrogen-bond acceptors (Lipinski definition) is 7. The Balaban J connectivity index is 1.55. The molecule has 0 saturated carbocycles.